The normalized spacial score (nSPS) is 10.8. The molecule has 4 heteroatoms. The molecule has 2 aromatic heterocycles. The summed E-state index contributed by atoms with van der Waals surface area (Å²) in [6.07, 6.45) is 3.66. The number of hydrogen-bond donors (Lipinski definition) is 1. The van der Waals surface area contributed by atoms with Gasteiger partial charge in [-0.15, -0.1) is 0 Å². The van der Waals surface area contributed by atoms with Crippen molar-refractivity contribution < 1.29 is 0 Å². The molecule has 3 aromatic rings. The highest BCUT2D eigenvalue weighted by molar-refractivity contribution is 5.78. The van der Waals surface area contributed by atoms with E-state index in [-0.39, 0.29) is 0 Å². The van der Waals surface area contributed by atoms with E-state index in [1.165, 1.54) is 0 Å². The van der Waals surface area contributed by atoms with Gasteiger partial charge in [0.05, 0.1) is 18.3 Å². The molecule has 2 heterocycles. The quantitative estimate of drug-likeness (QED) is 0.724. The van der Waals surface area contributed by atoms with Crippen LogP contribution in [0.4, 0.5) is 5.82 Å². The van der Waals surface area contributed by atoms with Crippen LogP contribution in [0.15, 0.2) is 48.8 Å². The van der Waals surface area contributed by atoms with Crippen LogP contribution in [0.5, 0.6) is 0 Å². The van der Waals surface area contributed by atoms with Crippen LogP contribution in [-0.4, -0.2) is 14.8 Å². The van der Waals surface area contributed by atoms with Crippen LogP contribution in [-0.2, 0) is 6.54 Å². The van der Waals surface area contributed by atoms with Gasteiger partial charge >= 0.3 is 0 Å². The summed E-state index contributed by atoms with van der Waals surface area (Å²) in [5, 5.41) is 5.52. The molecule has 0 bridgehead atoms. The molecule has 84 valence electrons. The third kappa shape index (κ3) is 1.85. The number of anilines is 1. The highest BCUT2D eigenvalue weighted by atomic mass is 15.3. The third-order valence-electron chi connectivity index (χ3n) is 2.73. The molecule has 17 heavy (non-hydrogen) atoms. The predicted molar refractivity (Wildman–Crippen MR) is 67.5 cm³/mol. The van der Waals surface area contributed by atoms with Crippen LogP contribution in [0.25, 0.3) is 10.9 Å². The first-order valence-electron chi connectivity index (χ1n) is 5.44. The van der Waals surface area contributed by atoms with E-state index in [4.69, 9.17) is 5.73 Å². The van der Waals surface area contributed by atoms with Gasteiger partial charge < -0.3 is 5.73 Å². The molecule has 0 radical (unpaired) electrons. The fourth-order valence-corrected chi connectivity index (χ4v) is 1.85. The monoisotopic (exact) mass is 224 g/mol. The molecule has 2 N–H and O–H groups in total. The van der Waals surface area contributed by atoms with Crippen LogP contribution in [0.3, 0.4) is 0 Å². The van der Waals surface area contributed by atoms with Crippen molar-refractivity contribution in [3.05, 3.63) is 54.4 Å². The first-order valence-corrected chi connectivity index (χ1v) is 5.44. The third-order valence-corrected chi connectivity index (χ3v) is 2.73. The van der Waals surface area contributed by atoms with Crippen LogP contribution in [0, 0.1) is 0 Å². The summed E-state index contributed by atoms with van der Waals surface area (Å²) in [5.74, 6) is 0.541. The number of hydrogen-bond acceptors (Lipinski definition) is 3. The molecule has 1 aromatic carbocycles. The minimum absolute atomic E-state index is 0.541. The summed E-state index contributed by atoms with van der Waals surface area (Å²) in [7, 11) is 0. The second-order valence-corrected chi connectivity index (χ2v) is 3.95. The Morgan fingerprint density at radius 2 is 1.94 bits per heavy atom. The fraction of sp³-hybridized carbons (Fsp3) is 0.0769. The Morgan fingerprint density at radius 3 is 2.76 bits per heavy atom. The molecule has 0 atom stereocenters. The molecule has 4 nitrogen and oxygen atoms in total. The maximum absolute atomic E-state index is 5.56. The Labute approximate surface area is 98.7 Å². The zero-order valence-corrected chi connectivity index (χ0v) is 9.24. The van der Waals surface area contributed by atoms with Crippen molar-refractivity contribution >= 4 is 16.7 Å². The Hall–Kier alpha value is -2.36. The topological polar surface area (TPSA) is 56.7 Å². The van der Waals surface area contributed by atoms with Crippen LogP contribution in [0.1, 0.15) is 5.56 Å². The Kier molecular flexibility index (Phi) is 2.26. The minimum Gasteiger partial charge on any atom is -0.384 e. The van der Waals surface area contributed by atoms with E-state index in [0.29, 0.717) is 12.4 Å². The number of nitrogen functional groups attached to an aromatic ring is 1. The van der Waals surface area contributed by atoms with Gasteiger partial charge in [0.25, 0.3) is 0 Å². The second kappa shape index (κ2) is 3.90. The fourth-order valence-electron chi connectivity index (χ4n) is 1.85. The molecule has 0 aliphatic heterocycles. The van der Waals surface area contributed by atoms with E-state index in [9.17, 15) is 0 Å². The summed E-state index contributed by atoms with van der Waals surface area (Å²) >= 11 is 0. The molecular weight excluding hydrogens is 212 g/mol. The van der Waals surface area contributed by atoms with Crippen molar-refractivity contribution in [3.63, 3.8) is 0 Å². The predicted octanol–water partition coefficient (Wildman–Crippen LogP) is 2.06. The van der Waals surface area contributed by atoms with Crippen molar-refractivity contribution in [2.24, 2.45) is 0 Å². The average molecular weight is 224 g/mol. The lowest BCUT2D eigenvalue weighted by molar-refractivity contribution is 0.710. The smallest absolute Gasteiger partial charge is 0.123 e. The Bertz CT molecular complexity index is 640. The largest absolute Gasteiger partial charge is 0.384 e. The molecule has 0 spiro atoms. The molecule has 0 saturated carbocycles. The van der Waals surface area contributed by atoms with Gasteiger partial charge in [-0.2, -0.15) is 5.10 Å². The highest BCUT2D eigenvalue weighted by Crippen LogP contribution is 2.14. The molecular formula is C13H12N4. The van der Waals surface area contributed by atoms with E-state index in [0.717, 1.165) is 16.5 Å². The second-order valence-electron chi connectivity index (χ2n) is 3.95. The molecule has 0 aliphatic carbocycles. The van der Waals surface area contributed by atoms with Crippen LogP contribution >= 0.6 is 0 Å². The number of benzene rings is 1. The lowest BCUT2D eigenvalue weighted by Crippen LogP contribution is -2.02. The summed E-state index contributed by atoms with van der Waals surface area (Å²) in [6.45, 7) is 0.709. The van der Waals surface area contributed by atoms with Gasteiger partial charge in [0.1, 0.15) is 5.82 Å². The zero-order valence-electron chi connectivity index (χ0n) is 9.24. The van der Waals surface area contributed by atoms with Crippen molar-refractivity contribution in [2.45, 2.75) is 6.54 Å². The maximum Gasteiger partial charge on any atom is 0.123 e. The summed E-state index contributed by atoms with van der Waals surface area (Å²) in [4.78, 5) is 4.08. The van der Waals surface area contributed by atoms with Crippen molar-refractivity contribution in [1.82, 2.24) is 14.8 Å². The van der Waals surface area contributed by atoms with Gasteiger partial charge in [-0.25, -0.2) is 4.98 Å². The first kappa shape index (κ1) is 9.84. The molecule has 0 fully saturated rings. The number of nitrogens with two attached hydrogens (primary N) is 1. The van der Waals surface area contributed by atoms with E-state index in [2.05, 4.69) is 22.2 Å². The minimum atomic E-state index is 0.541. The summed E-state index contributed by atoms with van der Waals surface area (Å²) in [5.41, 5.74) is 7.78. The van der Waals surface area contributed by atoms with Crippen LogP contribution < -0.4 is 5.73 Å². The van der Waals surface area contributed by atoms with E-state index in [1.807, 2.05) is 29.1 Å². The van der Waals surface area contributed by atoms with Gasteiger partial charge in [0.2, 0.25) is 0 Å². The number of para-hydroxylation sites is 1. The zero-order chi connectivity index (χ0) is 11.7. The summed E-state index contributed by atoms with van der Waals surface area (Å²) < 4.78 is 1.96. The SMILES string of the molecule is Nc1ccc(Cn2ncc3ccccc32)cn1. The number of fused-ring (bicyclic) bond motifs is 1. The van der Waals surface area contributed by atoms with Gasteiger partial charge in [0.15, 0.2) is 0 Å². The van der Waals surface area contributed by atoms with Crippen molar-refractivity contribution in [3.8, 4) is 0 Å². The molecule has 3 rings (SSSR count). The van der Waals surface area contributed by atoms with Gasteiger partial charge in [-0.1, -0.05) is 24.3 Å². The van der Waals surface area contributed by atoms with Crippen LogP contribution in [0.2, 0.25) is 0 Å². The number of pyridine rings is 1. The molecule has 0 aliphatic rings. The maximum atomic E-state index is 5.56. The van der Waals surface area contributed by atoms with E-state index >= 15 is 0 Å². The lowest BCUT2D eigenvalue weighted by Gasteiger charge is -2.03. The summed E-state index contributed by atoms with van der Waals surface area (Å²) in [6, 6.07) is 11.9. The Balaban J connectivity index is 1.97. The highest BCUT2D eigenvalue weighted by Gasteiger charge is 2.02. The number of aromatic nitrogens is 3. The van der Waals surface area contributed by atoms with Gasteiger partial charge in [-0.05, 0) is 17.7 Å². The van der Waals surface area contributed by atoms with Gasteiger partial charge in [0, 0.05) is 11.6 Å². The molecule has 0 unspecified atom stereocenters. The van der Waals surface area contributed by atoms with E-state index < -0.39 is 0 Å². The Morgan fingerprint density at radius 1 is 1.06 bits per heavy atom. The van der Waals surface area contributed by atoms with Gasteiger partial charge in [-0.3, -0.25) is 4.68 Å². The molecule has 0 amide bonds. The number of nitrogens with zero attached hydrogens (tertiary/aromatic N) is 3. The standard InChI is InChI=1S/C13H12N4/c14-13-6-5-10(7-15-13)9-17-12-4-2-1-3-11(12)8-16-17/h1-8H,9H2,(H2,14,15). The van der Waals surface area contributed by atoms with E-state index in [1.54, 1.807) is 12.3 Å². The average Bonchev–Trinajstić information content (AvgIpc) is 2.76. The number of rotatable bonds is 2. The van der Waals surface area contributed by atoms with Crippen molar-refractivity contribution in [1.29, 1.82) is 0 Å². The van der Waals surface area contributed by atoms with Crippen molar-refractivity contribution in [2.75, 3.05) is 5.73 Å². The molecule has 0 saturated heterocycles. The lowest BCUT2D eigenvalue weighted by atomic mass is 10.2. The first-order chi connectivity index (χ1) is 8.33.